The van der Waals surface area contributed by atoms with Crippen molar-refractivity contribution in [3.05, 3.63) is 48.0 Å². The Hall–Kier alpha value is -1.12. The summed E-state index contributed by atoms with van der Waals surface area (Å²) in [5.41, 5.74) is 2.35. The van der Waals surface area contributed by atoms with Crippen LogP contribution in [0.4, 0.5) is 0 Å². The summed E-state index contributed by atoms with van der Waals surface area (Å²) in [5, 5.41) is 0. The number of rotatable bonds is 12. The Morgan fingerprint density at radius 1 is 0.900 bits per heavy atom. The Labute approximate surface area is 123 Å². The van der Waals surface area contributed by atoms with Crippen LogP contribution in [-0.2, 0) is 16.1 Å². The highest BCUT2D eigenvalue weighted by atomic mass is 16.5. The lowest BCUT2D eigenvalue weighted by Gasteiger charge is -2.05. The third-order valence-electron chi connectivity index (χ3n) is 3.04. The summed E-state index contributed by atoms with van der Waals surface area (Å²) in [5.74, 6) is 0. The van der Waals surface area contributed by atoms with Crippen LogP contribution in [0.3, 0.4) is 0 Å². The zero-order valence-corrected chi connectivity index (χ0v) is 12.8. The van der Waals surface area contributed by atoms with Gasteiger partial charge in [0.15, 0.2) is 0 Å². The molecule has 0 amide bonds. The quantitative estimate of drug-likeness (QED) is 0.405. The molecule has 0 aliphatic heterocycles. The summed E-state index contributed by atoms with van der Waals surface area (Å²) < 4.78 is 11.1. The third kappa shape index (κ3) is 9.76. The first-order chi connectivity index (χ1) is 9.79. The molecule has 0 fully saturated rings. The Kier molecular flexibility index (Phi) is 9.89. The minimum absolute atomic E-state index is 0.702. The summed E-state index contributed by atoms with van der Waals surface area (Å²) in [6.45, 7) is 8.96. The second kappa shape index (κ2) is 11.7. The molecule has 1 rings (SSSR count). The van der Waals surface area contributed by atoms with E-state index in [1.807, 2.05) is 13.0 Å². The normalized spacial score (nSPS) is 10.7. The van der Waals surface area contributed by atoms with Crippen molar-refractivity contribution >= 4 is 0 Å². The topological polar surface area (TPSA) is 18.5 Å². The lowest BCUT2D eigenvalue weighted by atomic mass is 10.1. The van der Waals surface area contributed by atoms with E-state index >= 15 is 0 Å². The van der Waals surface area contributed by atoms with E-state index in [4.69, 9.17) is 9.47 Å². The molecule has 1 aromatic carbocycles. The molecule has 0 atom stereocenters. The van der Waals surface area contributed by atoms with E-state index in [1.165, 1.54) is 24.8 Å². The monoisotopic (exact) mass is 276 g/mol. The summed E-state index contributed by atoms with van der Waals surface area (Å²) in [7, 11) is 0. The summed E-state index contributed by atoms with van der Waals surface area (Å²) in [6, 6.07) is 10.3. The van der Waals surface area contributed by atoms with Gasteiger partial charge in [0.25, 0.3) is 0 Å². The maximum absolute atomic E-state index is 5.66. The number of hydrogen-bond acceptors (Lipinski definition) is 2. The van der Waals surface area contributed by atoms with E-state index in [1.54, 1.807) is 0 Å². The van der Waals surface area contributed by atoms with Crippen LogP contribution < -0.4 is 0 Å². The van der Waals surface area contributed by atoms with Crippen molar-refractivity contribution < 1.29 is 9.47 Å². The van der Waals surface area contributed by atoms with Gasteiger partial charge in [0, 0.05) is 13.2 Å². The molecule has 0 unspecified atom stereocenters. The fourth-order valence-electron chi connectivity index (χ4n) is 1.95. The van der Waals surface area contributed by atoms with Gasteiger partial charge in [0.2, 0.25) is 0 Å². The molecule has 0 spiro atoms. The maximum atomic E-state index is 5.66. The van der Waals surface area contributed by atoms with Gasteiger partial charge in [-0.1, -0.05) is 61.7 Å². The lowest BCUT2D eigenvalue weighted by Crippen LogP contribution is -1.98. The van der Waals surface area contributed by atoms with Gasteiger partial charge in [0.1, 0.15) is 0 Å². The minimum Gasteiger partial charge on any atom is -0.377 e. The molecule has 112 valence electrons. The van der Waals surface area contributed by atoms with Crippen LogP contribution in [0.2, 0.25) is 0 Å². The molecular formula is C18H28O2. The molecule has 0 bridgehead atoms. The molecule has 0 saturated carbocycles. The molecule has 0 saturated heterocycles. The summed E-state index contributed by atoms with van der Waals surface area (Å²) in [4.78, 5) is 0. The third-order valence-corrected chi connectivity index (χ3v) is 3.04. The predicted molar refractivity (Wildman–Crippen MR) is 84.8 cm³/mol. The van der Waals surface area contributed by atoms with Crippen molar-refractivity contribution in [3.8, 4) is 0 Å². The van der Waals surface area contributed by atoms with E-state index < -0.39 is 0 Å². The minimum atomic E-state index is 0.702. The van der Waals surface area contributed by atoms with Crippen LogP contribution >= 0.6 is 0 Å². The van der Waals surface area contributed by atoms with Gasteiger partial charge in [-0.05, 0) is 25.3 Å². The summed E-state index contributed by atoms with van der Waals surface area (Å²) in [6.07, 6.45) is 6.06. The largest absolute Gasteiger partial charge is 0.377 e. The Morgan fingerprint density at radius 2 is 1.50 bits per heavy atom. The predicted octanol–water partition coefficient (Wildman–Crippen LogP) is 4.75. The Balaban J connectivity index is 1.80. The fraction of sp³-hybridized carbons (Fsp3) is 0.556. The smallest absolute Gasteiger partial charge is 0.0716 e. The van der Waals surface area contributed by atoms with E-state index in [9.17, 15) is 0 Å². The number of unbranched alkanes of at least 4 members (excludes halogenated alkanes) is 4. The SMILES string of the molecule is C=C(C)COCCCCCCCOCc1ccccc1. The molecule has 0 radical (unpaired) electrons. The molecule has 2 nitrogen and oxygen atoms in total. The van der Waals surface area contributed by atoms with Crippen molar-refractivity contribution in [2.24, 2.45) is 0 Å². The first kappa shape index (κ1) is 16.9. The van der Waals surface area contributed by atoms with Crippen LogP contribution in [-0.4, -0.2) is 19.8 Å². The first-order valence-electron chi connectivity index (χ1n) is 7.63. The van der Waals surface area contributed by atoms with E-state index in [0.29, 0.717) is 6.61 Å². The highest BCUT2D eigenvalue weighted by Crippen LogP contribution is 2.05. The average Bonchev–Trinajstić information content (AvgIpc) is 2.45. The number of benzene rings is 1. The lowest BCUT2D eigenvalue weighted by molar-refractivity contribution is 0.116. The van der Waals surface area contributed by atoms with Crippen LogP contribution in [0, 0.1) is 0 Å². The van der Waals surface area contributed by atoms with E-state index in [2.05, 4.69) is 30.8 Å². The van der Waals surface area contributed by atoms with Gasteiger partial charge in [-0.15, -0.1) is 0 Å². The van der Waals surface area contributed by atoms with Crippen LogP contribution in [0.25, 0.3) is 0 Å². The Morgan fingerprint density at radius 3 is 2.15 bits per heavy atom. The van der Waals surface area contributed by atoms with Crippen molar-refractivity contribution in [3.63, 3.8) is 0 Å². The second-order valence-corrected chi connectivity index (χ2v) is 5.32. The highest BCUT2D eigenvalue weighted by molar-refractivity contribution is 5.13. The number of ether oxygens (including phenoxy) is 2. The van der Waals surface area contributed by atoms with Gasteiger partial charge < -0.3 is 9.47 Å². The van der Waals surface area contributed by atoms with Crippen molar-refractivity contribution in [2.75, 3.05) is 19.8 Å². The van der Waals surface area contributed by atoms with Gasteiger partial charge in [-0.3, -0.25) is 0 Å². The van der Waals surface area contributed by atoms with Crippen molar-refractivity contribution in [2.45, 2.75) is 45.6 Å². The molecular weight excluding hydrogens is 248 g/mol. The van der Waals surface area contributed by atoms with E-state index in [0.717, 1.165) is 38.2 Å². The molecule has 0 aromatic heterocycles. The zero-order valence-electron chi connectivity index (χ0n) is 12.8. The van der Waals surface area contributed by atoms with Gasteiger partial charge in [-0.25, -0.2) is 0 Å². The number of hydrogen-bond donors (Lipinski definition) is 0. The molecule has 1 aromatic rings. The molecule has 20 heavy (non-hydrogen) atoms. The first-order valence-corrected chi connectivity index (χ1v) is 7.63. The molecule has 0 heterocycles. The molecule has 0 N–H and O–H groups in total. The van der Waals surface area contributed by atoms with Crippen molar-refractivity contribution in [1.29, 1.82) is 0 Å². The standard InChI is InChI=1S/C18H28O2/c1-17(2)15-19-13-9-4-3-5-10-14-20-16-18-11-7-6-8-12-18/h6-8,11-12H,1,3-5,9-10,13-16H2,2H3. The van der Waals surface area contributed by atoms with Gasteiger partial charge >= 0.3 is 0 Å². The van der Waals surface area contributed by atoms with Crippen LogP contribution in [0.5, 0.6) is 0 Å². The molecule has 2 heteroatoms. The average molecular weight is 276 g/mol. The van der Waals surface area contributed by atoms with Gasteiger partial charge in [0.05, 0.1) is 13.2 Å². The molecule has 0 aliphatic rings. The van der Waals surface area contributed by atoms with E-state index in [-0.39, 0.29) is 0 Å². The Bertz CT molecular complexity index is 346. The second-order valence-electron chi connectivity index (χ2n) is 5.32. The summed E-state index contributed by atoms with van der Waals surface area (Å²) >= 11 is 0. The van der Waals surface area contributed by atoms with Crippen molar-refractivity contribution in [1.82, 2.24) is 0 Å². The maximum Gasteiger partial charge on any atom is 0.0716 e. The fourth-order valence-corrected chi connectivity index (χ4v) is 1.95. The zero-order chi connectivity index (χ0) is 14.5. The van der Waals surface area contributed by atoms with Crippen LogP contribution in [0.15, 0.2) is 42.5 Å². The highest BCUT2D eigenvalue weighted by Gasteiger charge is 1.94. The van der Waals surface area contributed by atoms with Crippen LogP contribution in [0.1, 0.15) is 44.6 Å². The van der Waals surface area contributed by atoms with Gasteiger partial charge in [-0.2, -0.15) is 0 Å². The molecule has 0 aliphatic carbocycles.